The zero-order valence-corrected chi connectivity index (χ0v) is 16.8. The first kappa shape index (κ1) is 21.3. The summed E-state index contributed by atoms with van der Waals surface area (Å²) in [6, 6.07) is 15.5. The quantitative estimate of drug-likeness (QED) is 0.286. The largest absolute Gasteiger partial charge is 0.472 e. The van der Waals surface area contributed by atoms with E-state index in [2.05, 4.69) is 23.4 Å². The number of nitrogens with one attached hydrogen (secondary N) is 1. The van der Waals surface area contributed by atoms with Gasteiger partial charge in [-0.25, -0.2) is 10.5 Å². The van der Waals surface area contributed by atoms with Crippen LogP contribution in [-0.4, -0.2) is 35.3 Å². The van der Waals surface area contributed by atoms with Crippen molar-refractivity contribution in [2.45, 2.75) is 13.5 Å². The third-order valence-electron chi connectivity index (χ3n) is 3.87. The van der Waals surface area contributed by atoms with Crippen LogP contribution in [0.5, 0.6) is 5.88 Å². The van der Waals surface area contributed by atoms with Crippen LogP contribution in [0.25, 0.3) is 5.69 Å². The molecule has 1 heterocycles. The molecule has 0 bridgehead atoms. The van der Waals surface area contributed by atoms with Gasteiger partial charge in [0.2, 0.25) is 12.3 Å². The number of carbonyl (C=O) groups is 1. The molecule has 28 heavy (non-hydrogen) atoms. The topological polar surface area (TPSA) is 85.4 Å². The van der Waals surface area contributed by atoms with Crippen molar-refractivity contribution in [2.75, 3.05) is 19.4 Å². The highest BCUT2D eigenvalue weighted by Crippen LogP contribution is 2.21. The number of aromatic nitrogens is 2. The highest BCUT2D eigenvalue weighted by molar-refractivity contribution is 6.30. The molecule has 0 fully saturated rings. The van der Waals surface area contributed by atoms with Gasteiger partial charge in [0.25, 0.3) is 0 Å². The van der Waals surface area contributed by atoms with Crippen LogP contribution >= 0.6 is 11.6 Å². The summed E-state index contributed by atoms with van der Waals surface area (Å²) >= 11 is 5.90. The molecule has 2 aromatic carbocycles. The van der Waals surface area contributed by atoms with E-state index in [-0.39, 0.29) is 0 Å². The number of anilines is 1. The summed E-state index contributed by atoms with van der Waals surface area (Å²) in [6.45, 7) is 2.55. The van der Waals surface area contributed by atoms with Crippen molar-refractivity contribution < 1.29 is 9.53 Å². The molecule has 148 valence electrons. The number of amides is 1. The fraction of sp³-hybridized carbons (Fsp3) is 0.200. The summed E-state index contributed by atoms with van der Waals surface area (Å²) < 4.78 is 7.61. The number of nitrogens with zero attached hydrogens (tertiary/aromatic N) is 3. The molecular formula is C20H24ClN5O2. The summed E-state index contributed by atoms with van der Waals surface area (Å²) in [5.41, 5.74) is 4.34. The Kier molecular flexibility index (Phi) is 7.86. The number of nitrogens with two attached hydrogens (primary N) is 1. The SMILES string of the molecule is CN(N)C=O.CNc1cccc(C)c1COc1ccn(-c2ccc(Cl)cc2)n1. The van der Waals surface area contributed by atoms with Crippen LogP contribution in [0.15, 0.2) is 54.7 Å². The third kappa shape index (κ3) is 6.00. The van der Waals surface area contributed by atoms with E-state index in [4.69, 9.17) is 22.2 Å². The fourth-order valence-corrected chi connectivity index (χ4v) is 2.52. The maximum Gasteiger partial charge on any atom is 0.233 e. The molecule has 0 saturated heterocycles. The highest BCUT2D eigenvalue weighted by atomic mass is 35.5. The van der Waals surface area contributed by atoms with Gasteiger partial charge in [0.05, 0.1) is 5.69 Å². The van der Waals surface area contributed by atoms with Gasteiger partial charge in [-0.2, -0.15) is 0 Å². The van der Waals surface area contributed by atoms with E-state index in [9.17, 15) is 4.79 Å². The lowest BCUT2D eigenvalue weighted by Gasteiger charge is -2.12. The Morgan fingerprint density at radius 1 is 1.25 bits per heavy atom. The highest BCUT2D eigenvalue weighted by Gasteiger charge is 2.07. The van der Waals surface area contributed by atoms with Gasteiger partial charge in [-0.1, -0.05) is 23.7 Å². The number of benzene rings is 2. The Bertz CT molecular complexity index is 894. The second-order valence-corrected chi connectivity index (χ2v) is 6.42. The van der Waals surface area contributed by atoms with E-state index in [1.54, 1.807) is 4.68 Å². The van der Waals surface area contributed by atoms with E-state index in [1.807, 2.05) is 55.7 Å². The molecule has 0 saturated carbocycles. The van der Waals surface area contributed by atoms with Crippen molar-refractivity contribution in [1.29, 1.82) is 0 Å². The zero-order valence-electron chi connectivity index (χ0n) is 16.1. The zero-order chi connectivity index (χ0) is 20.5. The Balaban J connectivity index is 0.000000500. The summed E-state index contributed by atoms with van der Waals surface area (Å²) in [7, 11) is 3.38. The van der Waals surface area contributed by atoms with Gasteiger partial charge >= 0.3 is 0 Å². The third-order valence-corrected chi connectivity index (χ3v) is 4.12. The minimum absolute atomic E-state index is 0.473. The minimum atomic E-state index is 0.473. The fourth-order valence-electron chi connectivity index (χ4n) is 2.40. The van der Waals surface area contributed by atoms with Crippen LogP contribution in [0.4, 0.5) is 5.69 Å². The molecule has 0 atom stereocenters. The lowest BCUT2D eigenvalue weighted by Crippen LogP contribution is -2.23. The van der Waals surface area contributed by atoms with Gasteiger partial charge in [-0.15, -0.1) is 5.10 Å². The molecule has 3 N–H and O–H groups in total. The number of aryl methyl sites for hydroxylation is 1. The van der Waals surface area contributed by atoms with Crippen LogP contribution in [0.1, 0.15) is 11.1 Å². The standard InChI is InChI=1S/C18H18ClN3O.C2H6N2O/c1-13-4-3-5-17(20-2)16(13)12-23-18-10-11-22(21-18)15-8-6-14(19)7-9-15;1-4(3)2-5/h3-11,20H,12H2,1-2H3;2H,3H2,1H3. The minimum Gasteiger partial charge on any atom is -0.472 e. The van der Waals surface area contributed by atoms with Gasteiger partial charge in [0.1, 0.15) is 6.61 Å². The smallest absolute Gasteiger partial charge is 0.233 e. The van der Waals surface area contributed by atoms with Crippen molar-refractivity contribution in [3.8, 4) is 11.6 Å². The molecule has 0 radical (unpaired) electrons. The van der Waals surface area contributed by atoms with Crippen molar-refractivity contribution >= 4 is 23.7 Å². The average molecular weight is 402 g/mol. The average Bonchev–Trinajstić information content (AvgIpc) is 3.16. The van der Waals surface area contributed by atoms with Crippen LogP contribution in [0, 0.1) is 6.92 Å². The van der Waals surface area contributed by atoms with Crippen molar-refractivity contribution in [3.05, 3.63) is 70.9 Å². The first-order valence-corrected chi connectivity index (χ1v) is 8.96. The lowest BCUT2D eigenvalue weighted by atomic mass is 10.1. The maximum atomic E-state index is 9.31. The molecule has 3 aromatic rings. The predicted molar refractivity (Wildman–Crippen MR) is 112 cm³/mol. The number of hydrazine groups is 1. The first-order chi connectivity index (χ1) is 13.4. The Morgan fingerprint density at radius 2 is 1.93 bits per heavy atom. The van der Waals surface area contributed by atoms with Crippen molar-refractivity contribution in [3.63, 3.8) is 0 Å². The summed E-state index contributed by atoms with van der Waals surface area (Å²) in [5.74, 6) is 5.35. The first-order valence-electron chi connectivity index (χ1n) is 8.58. The van der Waals surface area contributed by atoms with E-state index in [0.717, 1.165) is 21.9 Å². The molecule has 0 spiro atoms. The maximum absolute atomic E-state index is 9.31. The molecular weight excluding hydrogens is 378 g/mol. The number of ether oxygens (including phenoxy) is 1. The number of halogens is 1. The molecule has 7 nitrogen and oxygen atoms in total. The van der Waals surface area contributed by atoms with Crippen molar-refractivity contribution in [2.24, 2.45) is 5.84 Å². The van der Waals surface area contributed by atoms with Gasteiger partial charge < -0.3 is 10.1 Å². The Hall–Kier alpha value is -3.03. The van der Waals surface area contributed by atoms with E-state index >= 15 is 0 Å². The summed E-state index contributed by atoms with van der Waals surface area (Å²) in [4.78, 5) is 9.31. The molecule has 0 aliphatic carbocycles. The Morgan fingerprint density at radius 3 is 2.54 bits per heavy atom. The molecule has 1 amide bonds. The van der Waals surface area contributed by atoms with Gasteiger partial charge in [0, 0.05) is 42.6 Å². The van der Waals surface area contributed by atoms with E-state index in [0.29, 0.717) is 23.9 Å². The molecule has 0 unspecified atom stereocenters. The lowest BCUT2D eigenvalue weighted by molar-refractivity contribution is -0.117. The number of rotatable bonds is 6. The Labute approximate surface area is 169 Å². The molecule has 3 rings (SSSR count). The normalized spacial score (nSPS) is 9.89. The monoisotopic (exact) mass is 401 g/mol. The van der Waals surface area contributed by atoms with Crippen LogP contribution in [0.3, 0.4) is 0 Å². The van der Waals surface area contributed by atoms with Crippen molar-refractivity contribution in [1.82, 2.24) is 14.8 Å². The molecule has 8 heteroatoms. The number of hydrogen-bond donors (Lipinski definition) is 2. The van der Waals surface area contributed by atoms with Gasteiger partial charge in [-0.05, 0) is 42.8 Å². The van der Waals surface area contributed by atoms with Gasteiger partial charge in [0.15, 0.2) is 0 Å². The molecule has 1 aromatic heterocycles. The van der Waals surface area contributed by atoms with Crippen LogP contribution < -0.4 is 15.9 Å². The molecule has 0 aliphatic rings. The van der Waals surface area contributed by atoms with E-state index in [1.165, 1.54) is 12.6 Å². The van der Waals surface area contributed by atoms with Crippen LogP contribution in [-0.2, 0) is 11.4 Å². The second-order valence-electron chi connectivity index (χ2n) is 5.99. The second kappa shape index (κ2) is 10.3. The van der Waals surface area contributed by atoms with E-state index < -0.39 is 0 Å². The number of hydrogen-bond acceptors (Lipinski definition) is 5. The summed E-state index contributed by atoms with van der Waals surface area (Å²) in [6.07, 6.45) is 2.40. The van der Waals surface area contributed by atoms with Crippen LogP contribution in [0.2, 0.25) is 5.02 Å². The summed E-state index contributed by atoms with van der Waals surface area (Å²) in [5, 5.41) is 9.28. The molecule has 0 aliphatic heterocycles. The van der Waals surface area contributed by atoms with Gasteiger partial charge in [-0.3, -0.25) is 9.80 Å². The predicted octanol–water partition coefficient (Wildman–Crippen LogP) is 3.40. The number of carbonyl (C=O) groups excluding carboxylic acids is 1.